The van der Waals surface area contributed by atoms with Crippen LogP contribution in [-0.4, -0.2) is 12.8 Å². The highest BCUT2D eigenvalue weighted by atomic mass is 32.2. The lowest BCUT2D eigenvalue weighted by atomic mass is 10.3. The molecule has 0 aromatic heterocycles. The van der Waals surface area contributed by atoms with Gasteiger partial charge in [0.15, 0.2) is 0 Å². The van der Waals surface area contributed by atoms with E-state index in [4.69, 9.17) is 7.48 Å². The zero-order chi connectivity index (χ0) is 9.90. The summed E-state index contributed by atoms with van der Waals surface area (Å²) in [5, 5.41) is 0. The summed E-state index contributed by atoms with van der Waals surface area (Å²) in [5.41, 5.74) is -1.24. The van der Waals surface area contributed by atoms with E-state index in [1.54, 1.807) is 7.11 Å². The van der Waals surface area contributed by atoms with Crippen LogP contribution in [0.4, 0.5) is 0 Å². The Kier molecular flexibility index (Phi) is 2.32. The molecule has 1 aromatic rings. The lowest BCUT2D eigenvalue weighted by Gasteiger charge is -2.01. The predicted octanol–water partition coefficient (Wildman–Crippen LogP) is 2.81. The molecule has 11 heavy (non-hydrogen) atoms. The van der Waals surface area contributed by atoms with Crippen molar-refractivity contribution < 1.29 is 7.48 Å². The molecular formula is C9H12OS. The Labute approximate surface area is 74.6 Å². The molecule has 0 N–H and O–H groups in total. The molecule has 0 radical (unpaired) electrons. The Bertz CT molecular complexity index is 283. The molecule has 0 aliphatic heterocycles. The van der Waals surface area contributed by atoms with Crippen LogP contribution < -0.4 is 4.74 Å². The van der Waals surface area contributed by atoms with Gasteiger partial charge in [-0.3, -0.25) is 0 Å². The van der Waals surface area contributed by atoms with Crippen LogP contribution in [0, 0.1) is 0 Å². The van der Waals surface area contributed by atoms with Crippen molar-refractivity contribution in [3.05, 3.63) is 24.3 Å². The molecule has 0 spiro atoms. The molecule has 1 aromatic carbocycles. The highest BCUT2D eigenvalue weighted by molar-refractivity contribution is 7.99. The third-order valence-electron chi connectivity index (χ3n) is 1.26. The molecule has 60 valence electrons. The van der Waals surface area contributed by atoms with E-state index in [0.29, 0.717) is 0 Å². The van der Waals surface area contributed by atoms with Gasteiger partial charge < -0.3 is 4.74 Å². The molecule has 2 heteroatoms. The first-order valence-electron chi connectivity index (χ1n) is 4.34. The van der Waals surface area contributed by atoms with E-state index in [9.17, 15) is 0 Å². The van der Waals surface area contributed by atoms with Gasteiger partial charge in [0, 0.05) is 7.64 Å². The first-order valence-corrected chi connectivity index (χ1v) is 4.16. The minimum Gasteiger partial charge on any atom is -0.497 e. The van der Waals surface area contributed by atoms with Gasteiger partial charge in [0.25, 0.3) is 0 Å². The summed E-state index contributed by atoms with van der Waals surface area (Å²) in [4.78, 5) is 0.881. The lowest BCUT2D eigenvalue weighted by Crippen LogP contribution is -1.81. The summed E-state index contributed by atoms with van der Waals surface area (Å²) in [7, 11) is 1.60. The summed E-state index contributed by atoms with van der Waals surface area (Å²) in [6.45, 7) is 1.54. The number of thioether (sulfide) groups is 1. The summed E-state index contributed by atoms with van der Waals surface area (Å²) in [5.74, 6) is 0.759. The quantitative estimate of drug-likeness (QED) is 0.643. The molecule has 0 heterocycles. The second kappa shape index (κ2) is 4.29. The highest BCUT2D eigenvalue weighted by Crippen LogP contribution is 2.21. The smallest absolute Gasteiger partial charge is 0.119 e. The third kappa shape index (κ3) is 2.46. The summed E-state index contributed by atoms with van der Waals surface area (Å²) in [6.07, 6.45) is 0. The van der Waals surface area contributed by atoms with Gasteiger partial charge in [-0.15, -0.1) is 11.8 Å². The topological polar surface area (TPSA) is 9.23 Å². The SMILES string of the molecule is [1H]C([2H])(C)Sc1cccc(OC)c1. The fourth-order valence-corrected chi connectivity index (χ4v) is 1.34. The van der Waals surface area contributed by atoms with Crippen molar-refractivity contribution in [3.63, 3.8) is 0 Å². The van der Waals surface area contributed by atoms with Crippen LogP contribution in [-0.2, 0) is 0 Å². The average molecular weight is 169 g/mol. The van der Waals surface area contributed by atoms with E-state index >= 15 is 0 Å². The maximum absolute atomic E-state index is 7.39. The Morgan fingerprint density at radius 1 is 1.82 bits per heavy atom. The molecule has 0 aliphatic carbocycles. The second-order valence-electron chi connectivity index (χ2n) is 1.99. The Balaban J connectivity index is 2.78. The molecule has 1 rings (SSSR count). The fraction of sp³-hybridized carbons (Fsp3) is 0.333. The van der Waals surface area contributed by atoms with Crippen LogP contribution in [0.2, 0.25) is 0 Å². The molecule has 0 aliphatic rings. The van der Waals surface area contributed by atoms with Crippen molar-refractivity contribution in [2.24, 2.45) is 0 Å². The Morgan fingerprint density at radius 3 is 3.27 bits per heavy atom. The van der Waals surface area contributed by atoms with Gasteiger partial charge in [-0.25, -0.2) is 0 Å². The van der Waals surface area contributed by atoms with Gasteiger partial charge in [-0.2, -0.15) is 0 Å². The Morgan fingerprint density at radius 2 is 2.64 bits per heavy atom. The van der Waals surface area contributed by atoms with Crippen molar-refractivity contribution in [3.8, 4) is 5.75 Å². The van der Waals surface area contributed by atoms with E-state index in [1.165, 1.54) is 18.7 Å². The first-order chi connectivity index (χ1) is 6.01. The monoisotopic (exact) mass is 169 g/mol. The molecule has 1 nitrogen and oxygen atoms in total. The number of methoxy groups -OCH3 is 1. The van der Waals surface area contributed by atoms with Gasteiger partial charge in [0.1, 0.15) is 5.75 Å². The van der Waals surface area contributed by atoms with Crippen LogP contribution >= 0.6 is 11.8 Å². The normalized spacial score (nSPS) is 18.0. The zero-order valence-corrected chi connectivity index (χ0v) is 7.44. The van der Waals surface area contributed by atoms with Gasteiger partial charge in [-0.1, -0.05) is 13.0 Å². The predicted molar refractivity (Wildman–Crippen MR) is 49.4 cm³/mol. The van der Waals surface area contributed by atoms with Crippen LogP contribution in [0.15, 0.2) is 29.2 Å². The van der Waals surface area contributed by atoms with E-state index < -0.39 is 5.70 Å². The molecule has 0 fully saturated rings. The summed E-state index contributed by atoms with van der Waals surface area (Å²) >= 11 is 1.18. The van der Waals surface area contributed by atoms with E-state index in [0.717, 1.165) is 10.6 Å². The van der Waals surface area contributed by atoms with E-state index in [2.05, 4.69) is 0 Å². The number of hydrogen-bond donors (Lipinski definition) is 0. The largest absolute Gasteiger partial charge is 0.497 e. The number of rotatable bonds is 3. The zero-order valence-electron chi connectivity index (χ0n) is 8.63. The molecule has 0 saturated carbocycles. The molecule has 0 bridgehead atoms. The molecule has 1 atom stereocenters. The van der Waals surface area contributed by atoms with Crippen molar-refractivity contribution in [1.82, 2.24) is 0 Å². The van der Waals surface area contributed by atoms with Crippen LogP contribution in [0.25, 0.3) is 0 Å². The minimum absolute atomic E-state index is 0.759. The van der Waals surface area contributed by atoms with Crippen molar-refractivity contribution >= 4 is 11.8 Å². The van der Waals surface area contributed by atoms with Gasteiger partial charge in [0.05, 0.1) is 7.11 Å². The van der Waals surface area contributed by atoms with E-state index in [1.807, 2.05) is 24.3 Å². The van der Waals surface area contributed by atoms with Gasteiger partial charge in [0.2, 0.25) is 0 Å². The number of benzene rings is 1. The van der Waals surface area contributed by atoms with Crippen molar-refractivity contribution in [2.75, 3.05) is 12.8 Å². The van der Waals surface area contributed by atoms with Crippen molar-refractivity contribution in [1.29, 1.82) is 0 Å². The summed E-state index contributed by atoms with van der Waals surface area (Å²) < 4.78 is 19.8. The second-order valence-corrected chi connectivity index (χ2v) is 3.07. The van der Waals surface area contributed by atoms with E-state index in [-0.39, 0.29) is 0 Å². The lowest BCUT2D eigenvalue weighted by molar-refractivity contribution is 0.413. The highest BCUT2D eigenvalue weighted by Gasteiger charge is 1.93. The molecule has 0 saturated heterocycles. The maximum atomic E-state index is 7.39. The molecular weight excluding hydrogens is 156 g/mol. The van der Waals surface area contributed by atoms with Crippen molar-refractivity contribution in [2.45, 2.75) is 11.8 Å². The van der Waals surface area contributed by atoms with Gasteiger partial charge in [-0.05, 0) is 23.9 Å². The average Bonchev–Trinajstić information content (AvgIpc) is 2.01. The Hall–Kier alpha value is -0.630. The van der Waals surface area contributed by atoms with Crippen LogP contribution in [0.5, 0.6) is 5.75 Å². The minimum atomic E-state index is -1.24. The standard InChI is InChI=1S/C9H12OS/c1-3-11-9-6-4-5-8(7-9)10-2/h4-7H,3H2,1-2H3/i3DH. The number of ether oxygens (including phenoxy) is 1. The van der Waals surface area contributed by atoms with Crippen LogP contribution in [0.3, 0.4) is 0 Å². The fourth-order valence-electron chi connectivity index (χ4n) is 0.783. The molecule has 1 unspecified atom stereocenters. The third-order valence-corrected chi connectivity index (χ3v) is 1.95. The number of hydrogen-bond acceptors (Lipinski definition) is 2. The van der Waals surface area contributed by atoms with Crippen LogP contribution in [0.1, 0.15) is 9.67 Å². The maximum Gasteiger partial charge on any atom is 0.119 e. The van der Waals surface area contributed by atoms with Gasteiger partial charge >= 0.3 is 0 Å². The summed E-state index contributed by atoms with van der Waals surface area (Å²) in [6, 6.07) is 7.39. The first kappa shape index (κ1) is 5.95. The molecule has 0 amide bonds.